The largest absolute Gasteiger partial charge is 0.348 e. The fourth-order valence-corrected chi connectivity index (χ4v) is 4.45. The summed E-state index contributed by atoms with van der Waals surface area (Å²) in [7, 11) is -2.99. The van der Waals surface area contributed by atoms with Gasteiger partial charge in [0.05, 0.1) is 29.3 Å². The first-order valence-corrected chi connectivity index (χ1v) is 9.20. The van der Waals surface area contributed by atoms with Crippen molar-refractivity contribution in [3.63, 3.8) is 0 Å². The number of hydrogen-bond acceptors (Lipinski definition) is 5. The molecule has 3 rings (SSSR count). The predicted molar refractivity (Wildman–Crippen MR) is 84.7 cm³/mol. The third-order valence-corrected chi connectivity index (χ3v) is 5.77. The van der Waals surface area contributed by atoms with Gasteiger partial charge in [0.1, 0.15) is 0 Å². The highest BCUT2D eigenvalue weighted by Gasteiger charge is 2.31. The van der Waals surface area contributed by atoms with E-state index in [-0.39, 0.29) is 23.5 Å². The summed E-state index contributed by atoms with van der Waals surface area (Å²) < 4.78 is 24.9. The SMILES string of the molecule is Cc1c(C(=O)NCc2cccnc2)cnn1C1CCS(=O)(=O)C1. The van der Waals surface area contributed by atoms with Gasteiger partial charge in [-0.3, -0.25) is 14.5 Å². The topological polar surface area (TPSA) is 93.9 Å². The molecule has 7 nitrogen and oxygen atoms in total. The quantitative estimate of drug-likeness (QED) is 0.895. The fraction of sp³-hybridized carbons (Fsp3) is 0.400. The van der Waals surface area contributed by atoms with Crippen molar-refractivity contribution in [1.82, 2.24) is 20.1 Å². The average molecular weight is 334 g/mol. The Morgan fingerprint density at radius 1 is 1.43 bits per heavy atom. The molecule has 0 aromatic carbocycles. The van der Waals surface area contributed by atoms with Gasteiger partial charge < -0.3 is 5.32 Å². The molecule has 0 bridgehead atoms. The number of amides is 1. The molecule has 23 heavy (non-hydrogen) atoms. The summed E-state index contributed by atoms with van der Waals surface area (Å²) in [6.45, 7) is 2.17. The van der Waals surface area contributed by atoms with Crippen LogP contribution < -0.4 is 5.32 Å². The van der Waals surface area contributed by atoms with Gasteiger partial charge in [-0.2, -0.15) is 5.10 Å². The number of sulfone groups is 1. The Morgan fingerprint density at radius 2 is 2.26 bits per heavy atom. The van der Waals surface area contributed by atoms with E-state index in [1.807, 2.05) is 12.1 Å². The molecule has 0 saturated carbocycles. The normalized spacial score (nSPS) is 19.6. The van der Waals surface area contributed by atoms with E-state index in [1.165, 1.54) is 6.20 Å². The van der Waals surface area contributed by atoms with Gasteiger partial charge in [0.2, 0.25) is 0 Å². The van der Waals surface area contributed by atoms with E-state index in [4.69, 9.17) is 0 Å². The highest BCUT2D eigenvalue weighted by molar-refractivity contribution is 7.91. The fourth-order valence-electron chi connectivity index (χ4n) is 2.76. The first kappa shape index (κ1) is 15.7. The van der Waals surface area contributed by atoms with Gasteiger partial charge in [-0.15, -0.1) is 0 Å². The highest BCUT2D eigenvalue weighted by Crippen LogP contribution is 2.25. The molecule has 0 spiro atoms. The molecule has 3 heterocycles. The molecule has 1 atom stereocenters. The minimum Gasteiger partial charge on any atom is -0.348 e. The summed E-state index contributed by atoms with van der Waals surface area (Å²) in [5.74, 6) is 0.0460. The van der Waals surface area contributed by atoms with Gasteiger partial charge in [0.25, 0.3) is 5.91 Å². The van der Waals surface area contributed by atoms with Crippen molar-refractivity contribution in [3.8, 4) is 0 Å². The van der Waals surface area contributed by atoms with Crippen LogP contribution in [0.1, 0.15) is 34.1 Å². The molecule has 1 amide bonds. The molecule has 1 fully saturated rings. The zero-order chi connectivity index (χ0) is 16.4. The third kappa shape index (κ3) is 3.42. The van der Waals surface area contributed by atoms with E-state index in [0.29, 0.717) is 24.2 Å². The van der Waals surface area contributed by atoms with Crippen molar-refractivity contribution in [2.24, 2.45) is 0 Å². The van der Waals surface area contributed by atoms with Gasteiger partial charge in [-0.25, -0.2) is 8.42 Å². The van der Waals surface area contributed by atoms with Gasteiger partial charge in [-0.05, 0) is 25.0 Å². The Bertz CT molecular complexity index is 815. The number of pyridine rings is 1. The van der Waals surface area contributed by atoms with Crippen LogP contribution in [0.3, 0.4) is 0 Å². The molecule has 1 aliphatic heterocycles. The molecule has 1 saturated heterocycles. The molecule has 2 aromatic heterocycles. The number of rotatable bonds is 4. The minimum atomic E-state index is -2.99. The number of aromatic nitrogens is 3. The Kier molecular flexibility index (Phi) is 4.16. The second-order valence-electron chi connectivity index (χ2n) is 5.69. The molecular weight excluding hydrogens is 316 g/mol. The Morgan fingerprint density at radius 3 is 2.91 bits per heavy atom. The van der Waals surface area contributed by atoms with Crippen LogP contribution in [-0.4, -0.2) is 40.6 Å². The smallest absolute Gasteiger partial charge is 0.255 e. The zero-order valence-electron chi connectivity index (χ0n) is 12.8. The maximum atomic E-state index is 12.3. The Balaban J connectivity index is 1.70. The summed E-state index contributed by atoms with van der Waals surface area (Å²) >= 11 is 0. The lowest BCUT2D eigenvalue weighted by Gasteiger charge is -2.11. The van der Waals surface area contributed by atoms with Crippen LogP contribution in [0, 0.1) is 6.92 Å². The maximum absolute atomic E-state index is 12.3. The molecule has 2 aromatic rings. The molecule has 0 aliphatic carbocycles. The summed E-state index contributed by atoms with van der Waals surface area (Å²) in [5.41, 5.74) is 2.07. The summed E-state index contributed by atoms with van der Waals surface area (Å²) in [5, 5.41) is 7.04. The lowest BCUT2D eigenvalue weighted by Crippen LogP contribution is -2.23. The molecule has 8 heteroatoms. The Labute approximate surface area is 134 Å². The first-order chi connectivity index (χ1) is 11.0. The zero-order valence-corrected chi connectivity index (χ0v) is 13.6. The molecule has 122 valence electrons. The minimum absolute atomic E-state index is 0.0895. The van der Waals surface area contributed by atoms with Crippen LogP contribution in [0.5, 0.6) is 0 Å². The molecule has 0 radical (unpaired) electrons. The van der Waals surface area contributed by atoms with Crippen molar-refractivity contribution >= 4 is 15.7 Å². The van der Waals surface area contributed by atoms with Crippen LogP contribution in [0.25, 0.3) is 0 Å². The van der Waals surface area contributed by atoms with Crippen molar-refractivity contribution in [3.05, 3.63) is 47.5 Å². The Hall–Kier alpha value is -2.22. The number of carbonyl (C=O) groups excluding carboxylic acids is 1. The predicted octanol–water partition coefficient (Wildman–Crippen LogP) is 0.876. The number of nitrogens with one attached hydrogen (secondary N) is 1. The third-order valence-electron chi connectivity index (χ3n) is 4.02. The van der Waals surface area contributed by atoms with E-state index < -0.39 is 9.84 Å². The summed E-state index contributed by atoms with van der Waals surface area (Å²) in [6.07, 6.45) is 5.41. The number of nitrogens with zero attached hydrogens (tertiary/aromatic N) is 3. The molecular formula is C15H18N4O3S. The van der Waals surface area contributed by atoms with Crippen molar-refractivity contribution in [2.45, 2.75) is 25.9 Å². The van der Waals surface area contributed by atoms with E-state index >= 15 is 0 Å². The standard InChI is InChI=1S/C15H18N4O3S/c1-11-14(15(20)17-8-12-3-2-5-16-7-12)9-18-19(11)13-4-6-23(21,22)10-13/h2-3,5,7,9,13H,4,6,8,10H2,1H3,(H,17,20). The van der Waals surface area contributed by atoms with Crippen LogP contribution in [-0.2, 0) is 16.4 Å². The van der Waals surface area contributed by atoms with Crippen LogP contribution in [0.15, 0.2) is 30.7 Å². The van der Waals surface area contributed by atoms with Crippen molar-refractivity contribution in [2.75, 3.05) is 11.5 Å². The summed E-state index contributed by atoms with van der Waals surface area (Å²) in [4.78, 5) is 16.3. The van der Waals surface area contributed by atoms with Crippen molar-refractivity contribution < 1.29 is 13.2 Å². The summed E-state index contributed by atoms with van der Waals surface area (Å²) in [6, 6.07) is 3.51. The van der Waals surface area contributed by atoms with E-state index in [0.717, 1.165) is 5.56 Å². The van der Waals surface area contributed by atoms with Crippen LogP contribution >= 0.6 is 0 Å². The second-order valence-corrected chi connectivity index (χ2v) is 7.92. The first-order valence-electron chi connectivity index (χ1n) is 7.38. The second kappa shape index (κ2) is 6.11. The van der Waals surface area contributed by atoms with Gasteiger partial charge in [-0.1, -0.05) is 6.07 Å². The van der Waals surface area contributed by atoms with E-state index in [2.05, 4.69) is 15.4 Å². The monoisotopic (exact) mass is 334 g/mol. The molecule has 1 aliphatic rings. The number of carbonyl (C=O) groups is 1. The molecule has 1 unspecified atom stereocenters. The van der Waals surface area contributed by atoms with E-state index in [1.54, 1.807) is 24.0 Å². The average Bonchev–Trinajstić information content (AvgIpc) is 3.08. The van der Waals surface area contributed by atoms with E-state index in [9.17, 15) is 13.2 Å². The van der Waals surface area contributed by atoms with Crippen LogP contribution in [0.2, 0.25) is 0 Å². The highest BCUT2D eigenvalue weighted by atomic mass is 32.2. The van der Waals surface area contributed by atoms with Crippen LogP contribution in [0.4, 0.5) is 0 Å². The maximum Gasteiger partial charge on any atom is 0.255 e. The lowest BCUT2D eigenvalue weighted by molar-refractivity contribution is 0.0950. The van der Waals surface area contributed by atoms with Gasteiger partial charge in [0.15, 0.2) is 9.84 Å². The number of hydrogen-bond donors (Lipinski definition) is 1. The van der Waals surface area contributed by atoms with Gasteiger partial charge >= 0.3 is 0 Å². The van der Waals surface area contributed by atoms with Gasteiger partial charge in [0, 0.05) is 24.6 Å². The molecule has 1 N–H and O–H groups in total. The lowest BCUT2D eigenvalue weighted by atomic mass is 10.2. The van der Waals surface area contributed by atoms with Crippen molar-refractivity contribution in [1.29, 1.82) is 0 Å².